The molecule has 3 saturated heterocycles. The molecule has 1 unspecified atom stereocenters. The zero-order valence-corrected chi connectivity index (χ0v) is 28.7. The molecule has 1 aliphatic carbocycles. The number of nitrogens with zero attached hydrogens (tertiary/aromatic N) is 1. The highest BCUT2D eigenvalue weighted by atomic mass is 31.2. The van der Waals surface area contributed by atoms with E-state index < -0.39 is 155 Å². The lowest BCUT2D eigenvalue weighted by atomic mass is 9.84. The van der Waals surface area contributed by atoms with E-state index in [1.807, 2.05) is 4.98 Å². The molecule has 4 heterocycles. The van der Waals surface area contributed by atoms with Gasteiger partial charge in [-0.2, -0.15) is 0 Å². The van der Waals surface area contributed by atoms with Crippen LogP contribution in [0.3, 0.4) is 0 Å². The van der Waals surface area contributed by atoms with Crippen molar-refractivity contribution in [2.75, 3.05) is 19.8 Å². The van der Waals surface area contributed by atoms with Gasteiger partial charge in [0, 0.05) is 30.9 Å². The maximum Gasteiger partial charge on any atom is 0.472 e. The molecule has 26 heteroatoms. The number of hydrogen-bond acceptors (Lipinski definition) is 22. The number of aliphatic hydroxyl groups excluding tert-OH is 8. The molecule has 18 N–H and O–H groups in total. The second-order valence-corrected chi connectivity index (χ2v) is 14.6. The summed E-state index contributed by atoms with van der Waals surface area (Å²) in [6.45, 7) is -2.07. The minimum atomic E-state index is -5.21. The summed E-state index contributed by atoms with van der Waals surface area (Å²) in [5.74, 6) is 0. The average molecular weight is 791 g/mol. The first-order valence-corrected chi connectivity index (χ1v) is 18.0. The van der Waals surface area contributed by atoms with Crippen molar-refractivity contribution in [2.45, 2.75) is 123 Å². The Kier molecular flexibility index (Phi) is 13.6. The number of H-pyrrole nitrogens is 1. The maximum absolute atomic E-state index is 13.0. The van der Waals surface area contributed by atoms with Gasteiger partial charge in [-0.3, -0.25) is 23.4 Å². The van der Waals surface area contributed by atoms with Gasteiger partial charge in [-0.1, -0.05) is 0 Å². The van der Waals surface area contributed by atoms with Gasteiger partial charge in [0.2, 0.25) is 0 Å². The first-order chi connectivity index (χ1) is 24.9. The van der Waals surface area contributed by atoms with Crippen molar-refractivity contribution < 1.29 is 83.0 Å². The highest BCUT2D eigenvalue weighted by Gasteiger charge is 2.53. The number of aromatic amines is 1. The van der Waals surface area contributed by atoms with E-state index in [-0.39, 0.29) is 6.42 Å². The van der Waals surface area contributed by atoms with Gasteiger partial charge in [0.15, 0.2) is 18.8 Å². The molecule has 20 atom stereocenters. The fourth-order valence-electron chi connectivity index (χ4n) is 6.59. The van der Waals surface area contributed by atoms with E-state index in [1.165, 1.54) is 0 Å². The van der Waals surface area contributed by atoms with Gasteiger partial charge in [-0.05, 0) is 6.42 Å². The van der Waals surface area contributed by atoms with E-state index in [0.29, 0.717) is 0 Å². The Morgan fingerprint density at radius 3 is 1.98 bits per heavy atom. The number of aliphatic hydroxyl groups is 8. The molecule has 1 aromatic heterocycles. The van der Waals surface area contributed by atoms with Crippen LogP contribution in [0.25, 0.3) is 0 Å². The van der Waals surface area contributed by atoms with Crippen LogP contribution in [0.2, 0.25) is 0 Å². The van der Waals surface area contributed by atoms with Crippen molar-refractivity contribution in [1.29, 1.82) is 0 Å². The van der Waals surface area contributed by atoms with Gasteiger partial charge in [0.05, 0.1) is 19.3 Å². The third-order valence-electron chi connectivity index (χ3n) is 9.57. The van der Waals surface area contributed by atoms with E-state index in [1.54, 1.807) is 0 Å². The number of phosphoric ester groups is 1. The molecule has 4 fully saturated rings. The average Bonchev–Trinajstić information content (AvgIpc) is 3.38. The van der Waals surface area contributed by atoms with Gasteiger partial charge >= 0.3 is 13.5 Å². The third-order valence-corrected chi connectivity index (χ3v) is 10.6. The summed E-state index contributed by atoms with van der Waals surface area (Å²) in [5, 5.41) is 84.1. The summed E-state index contributed by atoms with van der Waals surface area (Å²) in [7, 11) is -5.21. The summed E-state index contributed by atoms with van der Waals surface area (Å²) in [5.41, 5.74) is 22.3. The van der Waals surface area contributed by atoms with Gasteiger partial charge in [0.1, 0.15) is 79.4 Å². The molecule has 1 saturated carbocycles. The minimum Gasteiger partial charge on any atom is -0.394 e. The van der Waals surface area contributed by atoms with Gasteiger partial charge in [0.25, 0.3) is 5.56 Å². The summed E-state index contributed by atoms with van der Waals surface area (Å²) in [6.07, 6.45) is -25.0. The summed E-state index contributed by atoms with van der Waals surface area (Å²) in [4.78, 5) is 35.9. The molecule has 4 aliphatic rings. The largest absolute Gasteiger partial charge is 0.472 e. The SMILES string of the molecule is NC[C@H]1O[C@H](O[C@H]2[C@H](O)[C@@H](O[C@H]3O[C@H](CO)[C@@H](O)[C@H](N)[C@H]3O)[C@H](N)C[C@@H]2N)[C@H](O)[C@@H](O)[C@@H]1OP(=O)(O)OC[C@H]1O[C@@H](n2ccc(=O)[nH]c2=O)[C@H](O)[C@@H]1O. The van der Waals surface area contributed by atoms with E-state index in [0.717, 1.165) is 16.8 Å². The van der Waals surface area contributed by atoms with Crippen LogP contribution >= 0.6 is 7.82 Å². The predicted molar refractivity (Wildman–Crippen MR) is 170 cm³/mol. The minimum absolute atomic E-state index is 0.0610. The molecule has 53 heavy (non-hydrogen) atoms. The molecule has 304 valence electrons. The highest BCUT2D eigenvalue weighted by Crippen LogP contribution is 2.48. The Balaban J connectivity index is 1.20. The van der Waals surface area contributed by atoms with E-state index in [9.17, 15) is 59.9 Å². The molecular formula is C27H47N6O19P. The Hall–Kier alpha value is -1.89. The van der Waals surface area contributed by atoms with Crippen LogP contribution in [0, 0.1) is 0 Å². The van der Waals surface area contributed by atoms with Gasteiger partial charge in [-0.25, -0.2) is 9.36 Å². The van der Waals surface area contributed by atoms with E-state index >= 15 is 0 Å². The van der Waals surface area contributed by atoms with Crippen LogP contribution in [0.5, 0.6) is 0 Å². The number of ether oxygens (including phenoxy) is 5. The van der Waals surface area contributed by atoms with Crippen LogP contribution in [-0.4, -0.2) is 185 Å². The lowest BCUT2D eigenvalue weighted by Gasteiger charge is -2.48. The van der Waals surface area contributed by atoms with Crippen molar-refractivity contribution in [3.8, 4) is 0 Å². The predicted octanol–water partition coefficient (Wildman–Crippen LogP) is -8.98. The number of hydrogen-bond donors (Lipinski definition) is 14. The lowest BCUT2D eigenvalue weighted by Crippen LogP contribution is -2.68. The fraction of sp³-hybridized carbons (Fsp3) is 0.852. The first kappa shape index (κ1) is 42.3. The van der Waals surface area contributed by atoms with Crippen LogP contribution in [0.4, 0.5) is 0 Å². The van der Waals surface area contributed by atoms with Crippen LogP contribution < -0.4 is 34.2 Å². The van der Waals surface area contributed by atoms with Crippen LogP contribution in [0.15, 0.2) is 21.9 Å². The zero-order chi connectivity index (χ0) is 39.1. The van der Waals surface area contributed by atoms with E-state index in [4.69, 9.17) is 55.7 Å². The maximum atomic E-state index is 13.0. The number of nitrogens with two attached hydrogens (primary N) is 4. The van der Waals surface area contributed by atoms with Crippen molar-refractivity contribution in [3.63, 3.8) is 0 Å². The Bertz CT molecular complexity index is 1540. The molecule has 5 rings (SSSR count). The normalized spacial score (nSPS) is 46.2. The monoisotopic (exact) mass is 790 g/mol. The molecule has 25 nitrogen and oxygen atoms in total. The van der Waals surface area contributed by atoms with Crippen molar-refractivity contribution in [2.24, 2.45) is 22.9 Å². The van der Waals surface area contributed by atoms with E-state index in [2.05, 4.69) is 0 Å². The summed E-state index contributed by atoms with van der Waals surface area (Å²) >= 11 is 0. The Labute approximate surface area is 299 Å². The number of rotatable bonds is 12. The molecule has 0 aromatic carbocycles. The van der Waals surface area contributed by atoms with Gasteiger partial charge in [-0.15, -0.1) is 0 Å². The van der Waals surface area contributed by atoms with Gasteiger partial charge < -0.3 is 92.4 Å². The fourth-order valence-corrected chi connectivity index (χ4v) is 7.56. The van der Waals surface area contributed by atoms with Crippen molar-refractivity contribution in [1.82, 2.24) is 9.55 Å². The standard InChI is InChI=1S/C27H47N6O19P/c28-4-9-23(52-53(44,45)46-6-11-15(37)18(40)24(47-11)33-2-1-12(35)32-27(33)43)17(39)19(41)26(48-9)51-22-8(30)3-7(29)21(20(22)42)50-25-16(38)13(31)14(36)10(5-34)49-25/h1-2,7-11,13-26,34,36-42H,3-6,28-31H2,(H,44,45)(H,32,35,43)/t7-,8+,9-,10-,11-,13+,14-,15-,16-,17-,18-,19-,20-,21+,22-,23-,24-,25-,26-/m1/s1. The van der Waals surface area contributed by atoms with Crippen LogP contribution in [-0.2, 0) is 37.3 Å². The molecular weight excluding hydrogens is 743 g/mol. The highest BCUT2D eigenvalue weighted by molar-refractivity contribution is 7.47. The van der Waals surface area contributed by atoms with Crippen LogP contribution in [0.1, 0.15) is 12.6 Å². The smallest absolute Gasteiger partial charge is 0.394 e. The molecule has 0 bridgehead atoms. The third kappa shape index (κ3) is 8.91. The number of aromatic nitrogens is 2. The Morgan fingerprint density at radius 2 is 1.40 bits per heavy atom. The molecule has 0 radical (unpaired) electrons. The second kappa shape index (κ2) is 17.1. The van der Waals surface area contributed by atoms with Crippen molar-refractivity contribution >= 4 is 7.82 Å². The molecule has 1 aromatic rings. The summed E-state index contributed by atoms with van der Waals surface area (Å²) < 4.78 is 51.8. The molecule has 0 spiro atoms. The second-order valence-electron chi connectivity index (χ2n) is 13.2. The Morgan fingerprint density at radius 1 is 0.792 bits per heavy atom. The topological polar surface area (TPSA) is 423 Å². The zero-order valence-electron chi connectivity index (χ0n) is 27.8. The summed E-state index contributed by atoms with van der Waals surface area (Å²) in [6, 6.07) is -2.33. The quantitative estimate of drug-likeness (QED) is 0.0874. The first-order valence-electron chi connectivity index (χ1n) is 16.5. The lowest BCUT2D eigenvalue weighted by molar-refractivity contribution is -0.331. The van der Waals surface area contributed by atoms with Crippen molar-refractivity contribution in [3.05, 3.63) is 33.1 Å². The molecule has 0 amide bonds. The number of phosphoric acid groups is 1. The number of nitrogens with one attached hydrogen (secondary N) is 1. The molecule has 3 aliphatic heterocycles.